The number of hydrogen-bond donors (Lipinski definition) is 1. The Kier molecular flexibility index (Phi) is 4.53. The van der Waals surface area contributed by atoms with Crippen LogP contribution in [0.1, 0.15) is 20.7 Å². The highest BCUT2D eigenvalue weighted by atomic mass is 32.2. The third-order valence-corrected chi connectivity index (χ3v) is 4.80. The Hall–Kier alpha value is -2.79. The molecular formula is C19H14NO3S-. The third kappa shape index (κ3) is 2.98. The number of rotatable bonds is 4. The fourth-order valence-corrected chi connectivity index (χ4v) is 3.68. The molecule has 0 fully saturated rings. The van der Waals surface area contributed by atoms with Gasteiger partial charge in [0.1, 0.15) is 0 Å². The lowest BCUT2D eigenvalue weighted by molar-refractivity contribution is -0.255. The van der Waals surface area contributed by atoms with Crippen LogP contribution in [-0.2, 0) is 0 Å². The van der Waals surface area contributed by atoms with Gasteiger partial charge >= 0.3 is 0 Å². The average Bonchev–Trinajstić information content (AvgIpc) is 2.61. The lowest BCUT2D eigenvalue weighted by Crippen LogP contribution is -2.22. The van der Waals surface area contributed by atoms with E-state index in [0.717, 1.165) is 15.7 Å². The van der Waals surface area contributed by atoms with Gasteiger partial charge in [-0.1, -0.05) is 54.2 Å². The molecule has 0 aromatic heterocycles. The Balaban J connectivity index is 2.17. The second-order valence-corrected chi connectivity index (χ2v) is 6.21. The molecule has 0 saturated heterocycles. The Morgan fingerprint density at radius 1 is 0.875 bits per heavy atom. The smallest absolute Gasteiger partial charge is 0.251 e. The summed E-state index contributed by atoms with van der Waals surface area (Å²) in [5, 5.41) is 15.7. The quantitative estimate of drug-likeness (QED) is 0.795. The van der Waals surface area contributed by atoms with Crippen molar-refractivity contribution in [3.63, 3.8) is 0 Å². The van der Waals surface area contributed by atoms with Crippen LogP contribution in [0.4, 0.5) is 0 Å². The summed E-state index contributed by atoms with van der Waals surface area (Å²) < 4.78 is 0. The number of carbonyl (C=O) groups is 2. The van der Waals surface area contributed by atoms with Crippen molar-refractivity contribution in [3.05, 3.63) is 71.8 Å². The highest BCUT2D eigenvalue weighted by Crippen LogP contribution is 2.36. The van der Waals surface area contributed by atoms with E-state index in [0.29, 0.717) is 10.5 Å². The monoisotopic (exact) mass is 336 g/mol. The number of benzene rings is 3. The number of hydrogen-bond acceptors (Lipinski definition) is 4. The minimum atomic E-state index is -1.22. The van der Waals surface area contributed by atoms with Gasteiger partial charge in [-0.3, -0.25) is 4.79 Å². The molecular weight excluding hydrogens is 322 g/mol. The molecule has 0 saturated carbocycles. The van der Waals surface area contributed by atoms with Crippen LogP contribution in [0.15, 0.2) is 70.5 Å². The van der Waals surface area contributed by atoms with Gasteiger partial charge in [-0.15, -0.1) is 0 Å². The van der Waals surface area contributed by atoms with Gasteiger partial charge in [0.2, 0.25) is 0 Å². The molecule has 0 bridgehead atoms. The van der Waals surface area contributed by atoms with Gasteiger partial charge in [-0.2, -0.15) is 0 Å². The van der Waals surface area contributed by atoms with E-state index in [4.69, 9.17) is 0 Å². The van der Waals surface area contributed by atoms with Crippen LogP contribution in [0.5, 0.6) is 0 Å². The van der Waals surface area contributed by atoms with Crippen LogP contribution < -0.4 is 10.4 Å². The number of carboxylic acid groups (broad SMARTS) is 1. The summed E-state index contributed by atoms with van der Waals surface area (Å²) in [6, 6.07) is 17.9. The maximum atomic E-state index is 12.2. The molecule has 0 aliphatic rings. The molecule has 24 heavy (non-hydrogen) atoms. The van der Waals surface area contributed by atoms with Gasteiger partial charge in [0.05, 0.1) is 5.97 Å². The molecule has 3 aromatic rings. The van der Waals surface area contributed by atoms with Crippen molar-refractivity contribution < 1.29 is 14.7 Å². The number of fused-ring (bicyclic) bond motifs is 1. The SMILES string of the molecule is CNC(=O)c1cccc2cccc(Sc3ccccc3C(=O)[O-])c12. The molecule has 120 valence electrons. The first-order chi connectivity index (χ1) is 11.6. The van der Waals surface area contributed by atoms with Gasteiger partial charge in [0.25, 0.3) is 5.91 Å². The van der Waals surface area contributed by atoms with Crippen LogP contribution >= 0.6 is 11.8 Å². The molecule has 0 atom stereocenters. The summed E-state index contributed by atoms with van der Waals surface area (Å²) in [5.41, 5.74) is 0.695. The van der Waals surface area contributed by atoms with E-state index in [1.165, 1.54) is 17.8 Å². The highest BCUT2D eigenvalue weighted by molar-refractivity contribution is 7.99. The predicted molar refractivity (Wildman–Crippen MR) is 92.2 cm³/mol. The van der Waals surface area contributed by atoms with Gasteiger partial charge in [-0.25, -0.2) is 0 Å². The summed E-state index contributed by atoms with van der Waals surface area (Å²) in [7, 11) is 1.59. The summed E-state index contributed by atoms with van der Waals surface area (Å²) in [6.07, 6.45) is 0. The normalized spacial score (nSPS) is 10.5. The highest BCUT2D eigenvalue weighted by Gasteiger charge is 2.14. The zero-order chi connectivity index (χ0) is 17.1. The Morgan fingerprint density at radius 2 is 1.50 bits per heavy atom. The number of carboxylic acids is 1. The molecule has 5 heteroatoms. The fraction of sp³-hybridized carbons (Fsp3) is 0.0526. The summed E-state index contributed by atoms with van der Waals surface area (Å²) in [5.74, 6) is -1.40. The van der Waals surface area contributed by atoms with Gasteiger partial charge < -0.3 is 15.2 Å². The molecule has 3 rings (SSSR count). The number of nitrogens with one attached hydrogen (secondary N) is 1. The van der Waals surface area contributed by atoms with Crippen molar-refractivity contribution in [1.82, 2.24) is 5.32 Å². The summed E-state index contributed by atoms with van der Waals surface area (Å²) in [6.45, 7) is 0. The standard InChI is InChI=1S/C19H15NO3S/c1-20-18(21)14-9-4-6-12-7-5-11-16(17(12)14)24-15-10-3-2-8-13(15)19(22)23/h2-11H,1H3,(H,20,21)(H,22,23)/p-1. The number of aromatic carboxylic acids is 1. The second kappa shape index (κ2) is 6.76. The van der Waals surface area contributed by atoms with E-state index in [1.54, 1.807) is 31.3 Å². The second-order valence-electron chi connectivity index (χ2n) is 5.12. The first-order valence-corrected chi connectivity index (χ1v) is 8.15. The van der Waals surface area contributed by atoms with Crippen molar-refractivity contribution in [2.75, 3.05) is 7.05 Å². The average molecular weight is 336 g/mol. The number of carbonyl (C=O) groups excluding carboxylic acids is 2. The van der Waals surface area contributed by atoms with E-state index in [-0.39, 0.29) is 11.5 Å². The number of amides is 1. The van der Waals surface area contributed by atoms with Crippen molar-refractivity contribution in [1.29, 1.82) is 0 Å². The van der Waals surface area contributed by atoms with E-state index in [9.17, 15) is 14.7 Å². The van der Waals surface area contributed by atoms with Crippen LogP contribution in [0.2, 0.25) is 0 Å². The molecule has 0 radical (unpaired) electrons. The van der Waals surface area contributed by atoms with Crippen LogP contribution in [-0.4, -0.2) is 18.9 Å². The molecule has 0 heterocycles. The van der Waals surface area contributed by atoms with Crippen LogP contribution in [0.3, 0.4) is 0 Å². The maximum absolute atomic E-state index is 12.2. The van der Waals surface area contributed by atoms with Gasteiger partial charge in [0.15, 0.2) is 0 Å². The minimum absolute atomic E-state index is 0.136. The maximum Gasteiger partial charge on any atom is 0.251 e. The molecule has 0 spiro atoms. The fourth-order valence-electron chi connectivity index (χ4n) is 2.56. The Bertz CT molecular complexity index is 932. The molecule has 0 aliphatic heterocycles. The zero-order valence-electron chi connectivity index (χ0n) is 12.9. The Labute approximate surface area is 143 Å². The lowest BCUT2D eigenvalue weighted by Gasteiger charge is -2.13. The molecule has 0 aliphatic carbocycles. The third-order valence-electron chi connectivity index (χ3n) is 3.67. The molecule has 3 aromatic carbocycles. The molecule has 1 amide bonds. The van der Waals surface area contributed by atoms with Crippen molar-refractivity contribution in [2.24, 2.45) is 0 Å². The van der Waals surface area contributed by atoms with Gasteiger partial charge in [-0.05, 0) is 23.6 Å². The first-order valence-electron chi connectivity index (χ1n) is 7.34. The predicted octanol–water partition coefficient (Wildman–Crippen LogP) is 2.71. The zero-order valence-corrected chi connectivity index (χ0v) is 13.7. The van der Waals surface area contributed by atoms with Gasteiger partial charge in [0, 0.05) is 33.4 Å². The van der Waals surface area contributed by atoms with Crippen molar-refractivity contribution >= 4 is 34.4 Å². The van der Waals surface area contributed by atoms with Crippen molar-refractivity contribution in [3.8, 4) is 0 Å². The topological polar surface area (TPSA) is 69.2 Å². The summed E-state index contributed by atoms with van der Waals surface area (Å²) >= 11 is 1.31. The Morgan fingerprint density at radius 3 is 2.21 bits per heavy atom. The van der Waals surface area contributed by atoms with Crippen molar-refractivity contribution in [2.45, 2.75) is 9.79 Å². The molecule has 1 N–H and O–H groups in total. The van der Waals surface area contributed by atoms with E-state index in [1.807, 2.05) is 30.3 Å². The van der Waals surface area contributed by atoms with Crippen LogP contribution in [0, 0.1) is 0 Å². The van der Waals surface area contributed by atoms with E-state index < -0.39 is 5.97 Å². The molecule has 0 unspecified atom stereocenters. The van der Waals surface area contributed by atoms with Crippen LogP contribution in [0.25, 0.3) is 10.8 Å². The largest absolute Gasteiger partial charge is 0.545 e. The van der Waals surface area contributed by atoms with E-state index in [2.05, 4.69) is 5.32 Å². The summed E-state index contributed by atoms with van der Waals surface area (Å²) in [4.78, 5) is 24.9. The lowest BCUT2D eigenvalue weighted by atomic mass is 10.0. The minimum Gasteiger partial charge on any atom is -0.545 e. The molecule has 4 nitrogen and oxygen atoms in total. The van der Waals surface area contributed by atoms with E-state index >= 15 is 0 Å². The first kappa shape index (κ1) is 16.1.